The van der Waals surface area contributed by atoms with Crippen LogP contribution in [0.1, 0.15) is 23.4 Å². The van der Waals surface area contributed by atoms with E-state index in [9.17, 15) is 0 Å². The van der Waals surface area contributed by atoms with Gasteiger partial charge in [-0.15, -0.1) is 11.3 Å². The fourth-order valence-electron chi connectivity index (χ4n) is 2.22. The van der Waals surface area contributed by atoms with E-state index in [0.717, 1.165) is 12.1 Å². The molecule has 0 saturated heterocycles. The molecular formula is C17H18N2OS. The van der Waals surface area contributed by atoms with Crippen LogP contribution >= 0.6 is 11.3 Å². The first-order chi connectivity index (χ1) is 10.3. The van der Waals surface area contributed by atoms with E-state index in [-0.39, 0.29) is 0 Å². The average Bonchev–Trinajstić information content (AvgIpc) is 2.97. The molecule has 2 heterocycles. The third kappa shape index (κ3) is 3.23. The van der Waals surface area contributed by atoms with Gasteiger partial charge in [-0.3, -0.25) is 0 Å². The second-order valence-electron chi connectivity index (χ2n) is 5.00. The van der Waals surface area contributed by atoms with Gasteiger partial charge >= 0.3 is 0 Å². The normalized spacial score (nSPS) is 12.5. The van der Waals surface area contributed by atoms with Crippen LogP contribution in [-0.4, -0.2) is 12.1 Å². The molecule has 0 aliphatic rings. The molecule has 0 saturated carbocycles. The van der Waals surface area contributed by atoms with E-state index in [1.807, 2.05) is 29.7 Å². The van der Waals surface area contributed by atoms with Crippen molar-refractivity contribution in [1.29, 1.82) is 0 Å². The molecule has 0 aliphatic carbocycles. The van der Waals surface area contributed by atoms with Gasteiger partial charge in [-0.2, -0.15) is 0 Å². The molecule has 21 heavy (non-hydrogen) atoms. The summed E-state index contributed by atoms with van der Waals surface area (Å²) >= 11 is 1.85. The van der Waals surface area contributed by atoms with Crippen LogP contribution in [-0.2, 0) is 6.54 Å². The average molecular weight is 298 g/mol. The molecule has 2 aromatic heterocycles. The van der Waals surface area contributed by atoms with Gasteiger partial charge in [0.25, 0.3) is 0 Å². The monoisotopic (exact) mass is 298 g/mol. The Kier molecular flexibility index (Phi) is 4.18. The Labute approximate surface area is 128 Å². The molecule has 4 heteroatoms. The molecule has 0 amide bonds. The molecule has 0 spiro atoms. The Morgan fingerprint density at radius 3 is 2.81 bits per heavy atom. The fraction of sp³-hybridized carbons (Fsp3) is 0.235. The van der Waals surface area contributed by atoms with Crippen molar-refractivity contribution in [1.82, 2.24) is 10.3 Å². The van der Waals surface area contributed by atoms with Gasteiger partial charge in [-0.1, -0.05) is 24.3 Å². The molecule has 3 rings (SSSR count). The number of aromatic nitrogens is 1. The topological polar surface area (TPSA) is 34.1 Å². The highest BCUT2D eigenvalue weighted by molar-refractivity contribution is 7.19. The molecule has 1 N–H and O–H groups in total. The summed E-state index contributed by atoms with van der Waals surface area (Å²) < 4.78 is 6.41. The van der Waals surface area contributed by atoms with Crippen molar-refractivity contribution in [3.8, 4) is 5.88 Å². The number of fused-ring (bicyclic) bond motifs is 1. The molecule has 108 valence electrons. The zero-order chi connectivity index (χ0) is 14.7. The molecule has 0 aliphatic heterocycles. The summed E-state index contributed by atoms with van der Waals surface area (Å²) in [5.41, 5.74) is 1.16. The van der Waals surface area contributed by atoms with E-state index in [4.69, 9.17) is 4.74 Å². The van der Waals surface area contributed by atoms with E-state index >= 15 is 0 Å². The molecule has 1 unspecified atom stereocenters. The Morgan fingerprint density at radius 1 is 1.24 bits per heavy atom. The van der Waals surface area contributed by atoms with Crippen LogP contribution in [0.2, 0.25) is 0 Å². The summed E-state index contributed by atoms with van der Waals surface area (Å²) in [5.74, 6) is 0.649. The lowest BCUT2D eigenvalue weighted by Crippen LogP contribution is -2.17. The number of methoxy groups -OCH3 is 1. The van der Waals surface area contributed by atoms with Crippen LogP contribution in [0.3, 0.4) is 0 Å². The van der Waals surface area contributed by atoms with Crippen LogP contribution in [0, 0.1) is 0 Å². The van der Waals surface area contributed by atoms with Crippen LogP contribution in [0.15, 0.2) is 48.7 Å². The van der Waals surface area contributed by atoms with Crippen LogP contribution in [0.5, 0.6) is 5.88 Å². The molecule has 1 aromatic carbocycles. The van der Waals surface area contributed by atoms with Crippen molar-refractivity contribution >= 4 is 21.4 Å². The van der Waals surface area contributed by atoms with Crippen molar-refractivity contribution in [3.63, 3.8) is 0 Å². The van der Waals surface area contributed by atoms with E-state index in [0.29, 0.717) is 11.9 Å². The van der Waals surface area contributed by atoms with Crippen molar-refractivity contribution < 1.29 is 4.74 Å². The van der Waals surface area contributed by atoms with Crippen molar-refractivity contribution in [3.05, 3.63) is 59.1 Å². The minimum atomic E-state index is 0.324. The molecule has 0 fully saturated rings. The molecule has 0 bridgehead atoms. The van der Waals surface area contributed by atoms with E-state index in [1.165, 1.54) is 15.0 Å². The molecule has 1 atom stereocenters. The van der Waals surface area contributed by atoms with Gasteiger partial charge < -0.3 is 10.1 Å². The first kappa shape index (κ1) is 14.0. The maximum Gasteiger partial charge on any atom is 0.212 e. The number of hydrogen-bond acceptors (Lipinski definition) is 4. The predicted molar refractivity (Wildman–Crippen MR) is 87.9 cm³/mol. The maximum absolute atomic E-state index is 5.07. The zero-order valence-electron chi connectivity index (χ0n) is 12.2. The molecule has 3 aromatic rings. The van der Waals surface area contributed by atoms with Crippen molar-refractivity contribution in [2.75, 3.05) is 7.11 Å². The highest BCUT2D eigenvalue weighted by Crippen LogP contribution is 2.29. The zero-order valence-corrected chi connectivity index (χ0v) is 13.0. The molecule has 3 nitrogen and oxygen atoms in total. The summed E-state index contributed by atoms with van der Waals surface area (Å²) in [6.07, 6.45) is 1.85. The maximum atomic E-state index is 5.07. The number of benzene rings is 1. The van der Waals surface area contributed by atoms with E-state index in [1.54, 1.807) is 7.11 Å². The highest BCUT2D eigenvalue weighted by Gasteiger charge is 2.09. The lowest BCUT2D eigenvalue weighted by atomic mass is 10.2. The number of rotatable bonds is 5. The molecular weight excluding hydrogens is 280 g/mol. The van der Waals surface area contributed by atoms with Gasteiger partial charge in [-0.25, -0.2) is 4.98 Å². The largest absolute Gasteiger partial charge is 0.481 e. The summed E-state index contributed by atoms with van der Waals surface area (Å²) in [5, 5.41) is 4.86. The van der Waals surface area contributed by atoms with Gasteiger partial charge in [-0.05, 0) is 30.0 Å². The first-order valence-electron chi connectivity index (χ1n) is 6.97. The van der Waals surface area contributed by atoms with E-state index in [2.05, 4.69) is 47.6 Å². The Balaban J connectivity index is 1.66. The Bertz CT molecular complexity index is 688. The van der Waals surface area contributed by atoms with Crippen LogP contribution in [0.4, 0.5) is 0 Å². The first-order valence-corrected chi connectivity index (χ1v) is 7.78. The summed E-state index contributed by atoms with van der Waals surface area (Å²) in [6, 6.07) is 15.0. The summed E-state index contributed by atoms with van der Waals surface area (Å²) in [7, 11) is 1.63. The number of pyridine rings is 1. The summed E-state index contributed by atoms with van der Waals surface area (Å²) in [6.45, 7) is 2.99. The van der Waals surface area contributed by atoms with Crippen molar-refractivity contribution in [2.45, 2.75) is 19.5 Å². The lowest BCUT2D eigenvalue weighted by molar-refractivity contribution is 0.397. The predicted octanol–water partition coefficient (Wildman–Crippen LogP) is 4.16. The van der Waals surface area contributed by atoms with Crippen LogP contribution in [0.25, 0.3) is 10.1 Å². The standard InChI is InChI=1S/C17H18N2OS/c1-12(16-9-14-5-3-4-6-15(14)21-16)18-10-13-7-8-17(20-2)19-11-13/h3-9,11-12,18H,10H2,1-2H3. The minimum Gasteiger partial charge on any atom is -0.481 e. The van der Waals surface area contributed by atoms with Gasteiger partial charge in [0.2, 0.25) is 5.88 Å². The van der Waals surface area contributed by atoms with Gasteiger partial charge in [0.1, 0.15) is 0 Å². The number of nitrogens with one attached hydrogen (secondary N) is 1. The molecule has 0 radical (unpaired) electrons. The van der Waals surface area contributed by atoms with Crippen LogP contribution < -0.4 is 10.1 Å². The van der Waals surface area contributed by atoms with Crippen molar-refractivity contribution in [2.24, 2.45) is 0 Å². The van der Waals surface area contributed by atoms with Gasteiger partial charge in [0, 0.05) is 34.4 Å². The van der Waals surface area contributed by atoms with E-state index < -0.39 is 0 Å². The number of thiophene rings is 1. The highest BCUT2D eigenvalue weighted by atomic mass is 32.1. The SMILES string of the molecule is COc1ccc(CNC(C)c2cc3ccccc3s2)cn1. The lowest BCUT2D eigenvalue weighted by Gasteiger charge is -2.12. The second kappa shape index (κ2) is 6.24. The number of nitrogens with zero attached hydrogens (tertiary/aromatic N) is 1. The number of hydrogen-bond donors (Lipinski definition) is 1. The van der Waals surface area contributed by atoms with Gasteiger partial charge in [0.05, 0.1) is 7.11 Å². The Hall–Kier alpha value is -1.91. The smallest absolute Gasteiger partial charge is 0.212 e. The third-order valence-corrected chi connectivity index (χ3v) is 4.79. The Morgan fingerprint density at radius 2 is 2.10 bits per heavy atom. The minimum absolute atomic E-state index is 0.324. The number of ether oxygens (including phenoxy) is 1. The summed E-state index contributed by atoms with van der Waals surface area (Å²) in [4.78, 5) is 5.58. The third-order valence-electron chi connectivity index (χ3n) is 3.49. The quantitative estimate of drug-likeness (QED) is 0.768. The second-order valence-corrected chi connectivity index (χ2v) is 6.11. The van der Waals surface area contributed by atoms with Gasteiger partial charge in [0.15, 0.2) is 0 Å². The fourth-order valence-corrected chi connectivity index (χ4v) is 3.31.